The lowest BCUT2D eigenvalue weighted by Crippen LogP contribution is -2.38. The second-order valence-corrected chi connectivity index (χ2v) is 12.3. The number of likely N-dealkylation sites (tertiary alicyclic amines) is 1. The number of aliphatic hydroxyl groups is 1. The number of carbonyl (C=O) groups excluding carboxylic acids is 2. The smallest absolute Gasteiger partial charge is 0.357 e. The number of aromatic nitrogens is 1. The molecule has 210 valence electrons. The van der Waals surface area contributed by atoms with E-state index in [4.69, 9.17) is 37.8 Å². The fourth-order valence-corrected chi connectivity index (χ4v) is 6.55. The number of amides is 1. The molecule has 1 saturated heterocycles. The molecule has 0 saturated carbocycles. The molecule has 11 heteroatoms. The van der Waals surface area contributed by atoms with Crippen molar-refractivity contribution in [2.45, 2.75) is 74.6 Å². The molecule has 0 unspecified atom stereocenters. The number of halogens is 2. The molecule has 7 nitrogen and oxygen atoms in total. The SMILES string of the molecule is O=C(OCCCCCCCCCCO)c1csc(SCCN2C(=O)CC[C@@H]2COc2cc(Cl)cc(Cl)c2)n1. The quantitative estimate of drug-likeness (QED) is 0.113. The normalized spacial score (nSPS) is 15.3. The van der Waals surface area contributed by atoms with E-state index >= 15 is 0 Å². The van der Waals surface area contributed by atoms with Gasteiger partial charge in [-0.2, -0.15) is 0 Å². The average Bonchev–Trinajstić information content (AvgIpc) is 3.50. The maximum absolute atomic E-state index is 12.4. The van der Waals surface area contributed by atoms with Crippen molar-refractivity contribution in [3.8, 4) is 5.75 Å². The molecular weight excluding hydrogens is 567 g/mol. The number of thioether (sulfide) groups is 1. The lowest BCUT2D eigenvalue weighted by atomic mass is 10.1. The van der Waals surface area contributed by atoms with Crippen LogP contribution in [0.2, 0.25) is 10.0 Å². The van der Waals surface area contributed by atoms with E-state index in [2.05, 4.69) is 4.98 Å². The summed E-state index contributed by atoms with van der Waals surface area (Å²) in [5, 5.41) is 11.5. The van der Waals surface area contributed by atoms with Crippen LogP contribution in [-0.2, 0) is 9.53 Å². The molecule has 1 aliphatic heterocycles. The molecule has 1 amide bonds. The standard InChI is InChI=1S/C27H36Cl2N2O5S2/c28-20-15-21(29)17-23(16-20)36-18-22-9-10-25(33)31(22)11-14-37-27-30-24(19-38-27)26(34)35-13-8-6-4-2-1-3-5-7-12-32/h15-17,19,22,32H,1-14,18H2/t22-/m1/s1. The number of esters is 1. The Kier molecular flexibility index (Phi) is 14.1. The van der Waals surface area contributed by atoms with E-state index in [1.165, 1.54) is 42.4 Å². The Balaban J connectivity index is 1.31. The number of hydrogen-bond acceptors (Lipinski definition) is 8. The van der Waals surface area contributed by atoms with Gasteiger partial charge >= 0.3 is 5.97 Å². The summed E-state index contributed by atoms with van der Waals surface area (Å²) in [4.78, 5) is 31.0. The van der Waals surface area contributed by atoms with Gasteiger partial charge < -0.3 is 19.5 Å². The van der Waals surface area contributed by atoms with E-state index in [1.807, 2.05) is 4.90 Å². The van der Waals surface area contributed by atoms with Gasteiger partial charge in [-0.25, -0.2) is 9.78 Å². The summed E-state index contributed by atoms with van der Waals surface area (Å²) in [6, 6.07) is 5.06. The maximum atomic E-state index is 12.4. The van der Waals surface area contributed by atoms with Crippen molar-refractivity contribution in [2.24, 2.45) is 0 Å². The van der Waals surface area contributed by atoms with E-state index in [-0.39, 0.29) is 24.5 Å². The van der Waals surface area contributed by atoms with Crippen LogP contribution in [0.5, 0.6) is 5.75 Å². The third kappa shape index (κ3) is 10.9. The van der Waals surface area contributed by atoms with Gasteiger partial charge in [-0.05, 0) is 37.5 Å². The lowest BCUT2D eigenvalue weighted by Gasteiger charge is -2.24. The predicted octanol–water partition coefficient (Wildman–Crippen LogP) is 6.88. The highest BCUT2D eigenvalue weighted by molar-refractivity contribution is 8.01. The largest absolute Gasteiger partial charge is 0.491 e. The van der Waals surface area contributed by atoms with Crippen LogP contribution < -0.4 is 4.74 Å². The van der Waals surface area contributed by atoms with Crippen LogP contribution in [0.15, 0.2) is 27.9 Å². The summed E-state index contributed by atoms with van der Waals surface area (Å²) in [7, 11) is 0. The fraction of sp³-hybridized carbons (Fsp3) is 0.593. The Morgan fingerprint density at radius 3 is 2.47 bits per heavy atom. The van der Waals surface area contributed by atoms with Gasteiger partial charge in [0, 0.05) is 40.8 Å². The number of ether oxygens (including phenoxy) is 2. The summed E-state index contributed by atoms with van der Waals surface area (Å²) in [5.41, 5.74) is 0.338. The molecule has 2 heterocycles. The number of nitrogens with zero attached hydrogens (tertiary/aromatic N) is 2. The fourth-order valence-electron chi connectivity index (χ4n) is 4.24. The number of benzene rings is 1. The van der Waals surface area contributed by atoms with E-state index in [0.717, 1.165) is 42.9 Å². The van der Waals surface area contributed by atoms with Crippen molar-refractivity contribution in [1.82, 2.24) is 9.88 Å². The van der Waals surface area contributed by atoms with Gasteiger partial charge in [0.2, 0.25) is 5.91 Å². The minimum absolute atomic E-state index is 0.00560. The zero-order valence-electron chi connectivity index (χ0n) is 21.5. The van der Waals surface area contributed by atoms with Gasteiger partial charge in [-0.15, -0.1) is 11.3 Å². The first kappa shape index (κ1) is 31.0. The van der Waals surface area contributed by atoms with Gasteiger partial charge in [-0.3, -0.25) is 4.79 Å². The number of hydrogen-bond donors (Lipinski definition) is 1. The Morgan fingerprint density at radius 2 is 1.76 bits per heavy atom. The van der Waals surface area contributed by atoms with Gasteiger partial charge in [0.1, 0.15) is 12.4 Å². The predicted molar refractivity (Wildman–Crippen MR) is 154 cm³/mol. The van der Waals surface area contributed by atoms with Gasteiger partial charge in [0.05, 0.1) is 12.6 Å². The monoisotopic (exact) mass is 602 g/mol. The molecular formula is C27H36Cl2N2O5S2. The van der Waals surface area contributed by atoms with Crippen LogP contribution in [0, 0.1) is 0 Å². The van der Waals surface area contributed by atoms with Crippen molar-refractivity contribution in [1.29, 1.82) is 0 Å². The van der Waals surface area contributed by atoms with Crippen LogP contribution in [0.1, 0.15) is 74.7 Å². The molecule has 1 atom stereocenters. The number of thiazole rings is 1. The molecule has 1 N–H and O–H groups in total. The van der Waals surface area contributed by atoms with E-state index < -0.39 is 0 Å². The minimum Gasteiger partial charge on any atom is -0.491 e. The van der Waals surface area contributed by atoms with E-state index in [1.54, 1.807) is 23.6 Å². The minimum atomic E-state index is -0.384. The van der Waals surface area contributed by atoms with Crippen LogP contribution in [0.3, 0.4) is 0 Å². The van der Waals surface area contributed by atoms with Gasteiger partial charge in [0.15, 0.2) is 10.0 Å². The molecule has 0 aliphatic carbocycles. The van der Waals surface area contributed by atoms with E-state index in [9.17, 15) is 9.59 Å². The van der Waals surface area contributed by atoms with Crippen LogP contribution in [0.4, 0.5) is 0 Å². The number of rotatable bonds is 18. The Labute approximate surface area is 243 Å². The van der Waals surface area contributed by atoms with Crippen molar-refractivity contribution in [2.75, 3.05) is 32.1 Å². The average molecular weight is 604 g/mol. The molecule has 0 spiro atoms. The molecule has 38 heavy (non-hydrogen) atoms. The zero-order chi connectivity index (χ0) is 27.2. The molecule has 2 aromatic rings. The second kappa shape index (κ2) is 17.2. The number of unbranched alkanes of at least 4 members (excludes halogenated alkanes) is 7. The third-order valence-electron chi connectivity index (χ3n) is 6.27. The Bertz CT molecular complexity index is 1000. The van der Waals surface area contributed by atoms with Crippen LogP contribution in [-0.4, -0.2) is 65.0 Å². The highest BCUT2D eigenvalue weighted by atomic mass is 35.5. The summed E-state index contributed by atoms with van der Waals surface area (Å²) in [5.74, 6) is 0.995. The zero-order valence-corrected chi connectivity index (χ0v) is 24.7. The van der Waals surface area contributed by atoms with Crippen molar-refractivity contribution >= 4 is 58.2 Å². The maximum Gasteiger partial charge on any atom is 0.357 e. The summed E-state index contributed by atoms with van der Waals surface area (Å²) < 4.78 is 12.0. The van der Waals surface area contributed by atoms with Gasteiger partial charge in [0.25, 0.3) is 0 Å². The topological polar surface area (TPSA) is 89.0 Å². The molecule has 1 fully saturated rings. The van der Waals surface area contributed by atoms with Crippen LogP contribution >= 0.6 is 46.3 Å². The number of carbonyl (C=O) groups is 2. The summed E-state index contributed by atoms with van der Waals surface area (Å²) >= 11 is 15.0. The molecule has 1 aromatic carbocycles. The highest BCUT2D eigenvalue weighted by Crippen LogP contribution is 2.27. The van der Waals surface area contributed by atoms with Crippen molar-refractivity contribution < 1.29 is 24.2 Å². The molecule has 0 radical (unpaired) electrons. The lowest BCUT2D eigenvalue weighted by molar-refractivity contribution is -0.129. The molecule has 3 rings (SSSR count). The van der Waals surface area contributed by atoms with Crippen molar-refractivity contribution in [3.05, 3.63) is 39.3 Å². The van der Waals surface area contributed by atoms with E-state index in [0.29, 0.717) is 53.4 Å². The summed E-state index contributed by atoms with van der Waals surface area (Å²) in [6.45, 7) is 1.65. The first-order valence-corrected chi connectivity index (χ1v) is 15.8. The molecule has 1 aliphatic rings. The Hall–Kier alpha value is -1.52. The van der Waals surface area contributed by atoms with Gasteiger partial charge in [-0.1, -0.05) is 73.5 Å². The van der Waals surface area contributed by atoms with Crippen LogP contribution in [0.25, 0.3) is 0 Å². The third-order valence-corrected chi connectivity index (χ3v) is 8.70. The van der Waals surface area contributed by atoms with Crippen molar-refractivity contribution in [3.63, 3.8) is 0 Å². The number of aliphatic hydroxyl groups excluding tert-OH is 1. The first-order chi connectivity index (χ1) is 18.5. The first-order valence-electron chi connectivity index (χ1n) is 13.2. The molecule has 1 aromatic heterocycles. The Morgan fingerprint density at radius 1 is 1.08 bits per heavy atom. The molecule has 0 bridgehead atoms. The second-order valence-electron chi connectivity index (χ2n) is 9.23. The summed E-state index contributed by atoms with van der Waals surface area (Å²) in [6.07, 6.45) is 9.81. The highest BCUT2D eigenvalue weighted by Gasteiger charge is 2.31.